The van der Waals surface area contributed by atoms with E-state index in [4.69, 9.17) is 22.5 Å². The Morgan fingerprint density at radius 1 is 1.58 bits per heavy atom. The van der Waals surface area contributed by atoms with Gasteiger partial charge in [0.05, 0.1) is 6.04 Å². The molecule has 6 heteroatoms. The first-order chi connectivity index (χ1) is 9.02. The molecule has 1 aromatic rings. The van der Waals surface area contributed by atoms with Crippen LogP contribution in [0.4, 0.5) is 0 Å². The molecule has 5 nitrogen and oxygen atoms in total. The van der Waals surface area contributed by atoms with Crippen molar-refractivity contribution in [3.8, 4) is 0 Å². The number of benzene rings is 1. The van der Waals surface area contributed by atoms with Crippen molar-refractivity contribution in [3.63, 3.8) is 0 Å². The van der Waals surface area contributed by atoms with E-state index in [0.717, 1.165) is 18.4 Å². The van der Waals surface area contributed by atoms with Gasteiger partial charge in [-0.1, -0.05) is 16.8 Å². The van der Waals surface area contributed by atoms with Gasteiger partial charge >= 0.3 is 0 Å². The summed E-state index contributed by atoms with van der Waals surface area (Å²) >= 11 is 5.86. The van der Waals surface area contributed by atoms with Crippen molar-refractivity contribution in [2.75, 3.05) is 0 Å². The zero-order valence-electron chi connectivity index (χ0n) is 10.6. The van der Waals surface area contributed by atoms with Gasteiger partial charge in [0.15, 0.2) is 5.84 Å². The fourth-order valence-corrected chi connectivity index (χ4v) is 2.25. The quantitative estimate of drug-likeness (QED) is 0.341. The SMILES string of the molecule is Cc1cc(Cl)ccc1C(=O)NC(/C(N)=N/O)C1CC1. The first-order valence-corrected chi connectivity index (χ1v) is 6.45. The molecule has 0 aromatic heterocycles. The molecule has 1 amide bonds. The van der Waals surface area contributed by atoms with Crippen LogP contribution in [-0.4, -0.2) is 23.0 Å². The predicted octanol–water partition coefficient (Wildman–Crippen LogP) is 1.90. The summed E-state index contributed by atoms with van der Waals surface area (Å²) in [5.41, 5.74) is 6.94. The second-order valence-electron chi connectivity index (χ2n) is 4.77. The highest BCUT2D eigenvalue weighted by Gasteiger charge is 2.35. The van der Waals surface area contributed by atoms with Crippen LogP contribution < -0.4 is 11.1 Å². The molecule has 1 fully saturated rings. The maximum absolute atomic E-state index is 12.2. The zero-order chi connectivity index (χ0) is 14.0. The van der Waals surface area contributed by atoms with Crippen LogP contribution in [0, 0.1) is 12.8 Å². The number of hydrogen-bond acceptors (Lipinski definition) is 3. The monoisotopic (exact) mass is 281 g/mol. The Morgan fingerprint density at radius 2 is 2.26 bits per heavy atom. The Bertz CT molecular complexity index is 527. The number of nitrogens with two attached hydrogens (primary N) is 1. The van der Waals surface area contributed by atoms with Gasteiger partial charge in [-0.05, 0) is 49.4 Å². The molecular weight excluding hydrogens is 266 g/mol. The number of nitrogens with one attached hydrogen (secondary N) is 1. The molecule has 0 heterocycles. The number of amides is 1. The van der Waals surface area contributed by atoms with Crippen molar-refractivity contribution in [1.29, 1.82) is 0 Å². The van der Waals surface area contributed by atoms with Crippen molar-refractivity contribution in [2.45, 2.75) is 25.8 Å². The molecule has 1 aliphatic carbocycles. The van der Waals surface area contributed by atoms with Gasteiger partial charge in [-0.25, -0.2) is 0 Å². The molecule has 0 aliphatic heterocycles. The number of carbonyl (C=O) groups is 1. The molecule has 0 radical (unpaired) electrons. The van der Waals surface area contributed by atoms with Crippen LogP contribution in [0.5, 0.6) is 0 Å². The summed E-state index contributed by atoms with van der Waals surface area (Å²) in [5, 5.41) is 15.1. The maximum Gasteiger partial charge on any atom is 0.252 e. The Morgan fingerprint density at radius 3 is 2.79 bits per heavy atom. The molecule has 0 bridgehead atoms. The highest BCUT2D eigenvalue weighted by Crippen LogP contribution is 2.33. The Labute approximate surface area is 116 Å². The summed E-state index contributed by atoms with van der Waals surface area (Å²) < 4.78 is 0. The van der Waals surface area contributed by atoms with Gasteiger partial charge in [0.25, 0.3) is 5.91 Å². The Hall–Kier alpha value is -1.75. The molecule has 2 rings (SSSR count). The lowest BCUT2D eigenvalue weighted by Gasteiger charge is -2.17. The standard InChI is InChI=1S/C13H16ClN3O2/c1-7-6-9(14)4-5-10(7)13(18)16-11(8-2-3-8)12(15)17-19/h4-6,8,11,19H,2-3H2,1H3,(H2,15,17)(H,16,18). The minimum absolute atomic E-state index is 0.0440. The van der Waals surface area contributed by atoms with Crippen LogP contribution >= 0.6 is 11.6 Å². The molecule has 1 saturated carbocycles. The van der Waals surface area contributed by atoms with E-state index in [1.165, 1.54) is 0 Å². The van der Waals surface area contributed by atoms with E-state index < -0.39 is 6.04 Å². The number of oxime groups is 1. The summed E-state index contributed by atoms with van der Waals surface area (Å²) in [6, 6.07) is 4.65. The maximum atomic E-state index is 12.2. The van der Waals surface area contributed by atoms with Crippen molar-refractivity contribution >= 4 is 23.3 Å². The largest absolute Gasteiger partial charge is 0.409 e. The molecule has 102 valence electrons. The molecule has 0 saturated heterocycles. The molecular formula is C13H16ClN3O2. The van der Waals surface area contributed by atoms with Crippen LogP contribution in [-0.2, 0) is 0 Å². The van der Waals surface area contributed by atoms with E-state index >= 15 is 0 Å². The molecule has 4 N–H and O–H groups in total. The summed E-state index contributed by atoms with van der Waals surface area (Å²) in [6.07, 6.45) is 1.95. The molecule has 1 aliphatic rings. The number of rotatable bonds is 4. The minimum atomic E-state index is -0.410. The van der Waals surface area contributed by atoms with Crippen molar-refractivity contribution in [2.24, 2.45) is 16.8 Å². The van der Waals surface area contributed by atoms with E-state index in [2.05, 4.69) is 10.5 Å². The summed E-state index contributed by atoms with van der Waals surface area (Å²) in [4.78, 5) is 12.2. The van der Waals surface area contributed by atoms with E-state index in [1.807, 2.05) is 6.92 Å². The van der Waals surface area contributed by atoms with Gasteiger partial charge < -0.3 is 16.3 Å². The van der Waals surface area contributed by atoms with Crippen LogP contribution in [0.1, 0.15) is 28.8 Å². The van der Waals surface area contributed by atoms with Crippen LogP contribution in [0.25, 0.3) is 0 Å². The third-order valence-corrected chi connectivity index (χ3v) is 3.48. The minimum Gasteiger partial charge on any atom is -0.409 e. The lowest BCUT2D eigenvalue weighted by atomic mass is 10.1. The fraction of sp³-hybridized carbons (Fsp3) is 0.385. The number of hydrogen-bond donors (Lipinski definition) is 3. The second kappa shape index (κ2) is 5.48. The summed E-state index contributed by atoms with van der Waals surface area (Å²) in [5.74, 6) is 0.0626. The van der Waals surface area contributed by atoms with Gasteiger partial charge in [-0.15, -0.1) is 0 Å². The average molecular weight is 282 g/mol. The Kier molecular flexibility index (Phi) is 3.95. The first-order valence-electron chi connectivity index (χ1n) is 6.07. The first kappa shape index (κ1) is 13.7. The predicted molar refractivity (Wildman–Crippen MR) is 73.6 cm³/mol. The van der Waals surface area contributed by atoms with Crippen molar-refractivity contribution in [3.05, 3.63) is 34.3 Å². The topological polar surface area (TPSA) is 87.7 Å². The molecule has 1 unspecified atom stereocenters. The van der Waals surface area contributed by atoms with Crippen molar-refractivity contribution in [1.82, 2.24) is 5.32 Å². The van der Waals surface area contributed by atoms with Crippen LogP contribution in [0.2, 0.25) is 5.02 Å². The zero-order valence-corrected chi connectivity index (χ0v) is 11.3. The van der Waals surface area contributed by atoms with Crippen LogP contribution in [0.15, 0.2) is 23.4 Å². The summed E-state index contributed by atoms with van der Waals surface area (Å²) in [6.45, 7) is 1.82. The van der Waals surface area contributed by atoms with Gasteiger partial charge in [-0.3, -0.25) is 4.79 Å². The third-order valence-electron chi connectivity index (χ3n) is 3.25. The molecule has 19 heavy (non-hydrogen) atoms. The fourth-order valence-electron chi connectivity index (χ4n) is 2.03. The van der Waals surface area contributed by atoms with Gasteiger partial charge in [0.2, 0.25) is 0 Å². The number of amidine groups is 1. The third kappa shape index (κ3) is 3.17. The highest BCUT2D eigenvalue weighted by molar-refractivity contribution is 6.30. The van der Waals surface area contributed by atoms with E-state index in [9.17, 15) is 4.79 Å². The molecule has 1 atom stereocenters. The van der Waals surface area contributed by atoms with Gasteiger partial charge in [-0.2, -0.15) is 0 Å². The molecule has 0 spiro atoms. The second-order valence-corrected chi connectivity index (χ2v) is 5.21. The number of nitrogens with zero attached hydrogens (tertiary/aromatic N) is 1. The van der Waals surface area contributed by atoms with Crippen LogP contribution in [0.3, 0.4) is 0 Å². The van der Waals surface area contributed by atoms with Crippen molar-refractivity contribution < 1.29 is 10.0 Å². The van der Waals surface area contributed by atoms with E-state index in [-0.39, 0.29) is 17.7 Å². The average Bonchev–Trinajstić information content (AvgIpc) is 3.19. The lowest BCUT2D eigenvalue weighted by molar-refractivity contribution is 0.0942. The number of halogens is 1. The highest BCUT2D eigenvalue weighted by atomic mass is 35.5. The van der Waals surface area contributed by atoms with E-state index in [1.54, 1.807) is 18.2 Å². The normalized spacial score (nSPS) is 17.1. The van der Waals surface area contributed by atoms with Gasteiger partial charge in [0, 0.05) is 10.6 Å². The molecule has 1 aromatic carbocycles. The lowest BCUT2D eigenvalue weighted by Crippen LogP contribution is -2.46. The smallest absolute Gasteiger partial charge is 0.252 e. The van der Waals surface area contributed by atoms with E-state index in [0.29, 0.717) is 10.6 Å². The number of carbonyl (C=O) groups excluding carboxylic acids is 1. The van der Waals surface area contributed by atoms with Gasteiger partial charge in [0.1, 0.15) is 0 Å². The summed E-state index contributed by atoms with van der Waals surface area (Å²) in [7, 11) is 0. The number of aryl methyl sites for hydroxylation is 1. The Balaban J connectivity index is 2.15.